The maximum Gasteiger partial charge on any atom is 0.191 e. The van der Waals surface area contributed by atoms with E-state index in [1.54, 1.807) is 26.3 Å². The second-order valence-corrected chi connectivity index (χ2v) is 5.96. The second kappa shape index (κ2) is 10.7. The molecule has 0 saturated carbocycles. The van der Waals surface area contributed by atoms with Crippen LogP contribution in [0.2, 0.25) is 0 Å². The Kier molecular flexibility index (Phi) is 9.02. The highest BCUT2D eigenvalue weighted by molar-refractivity contribution is 14.0. The zero-order valence-electron chi connectivity index (χ0n) is 15.8. The molecule has 5 nitrogen and oxygen atoms in total. The Balaban J connectivity index is 0.00000364. The molecular weight excluding hydrogens is 458 g/mol. The summed E-state index contributed by atoms with van der Waals surface area (Å²) in [4.78, 5) is 4.19. The highest BCUT2D eigenvalue weighted by atomic mass is 127. The van der Waals surface area contributed by atoms with Crippen LogP contribution >= 0.6 is 24.0 Å². The molecule has 2 N–H and O–H groups in total. The number of nitrogens with zero attached hydrogens (tertiary/aromatic N) is 2. The van der Waals surface area contributed by atoms with Gasteiger partial charge in [-0.1, -0.05) is 23.8 Å². The molecule has 0 fully saturated rings. The first-order valence-electron chi connectivity index (χ1n) is 8.28. The fraction of sp³-hybridized carbons (Fsp3) is 0.300. The summed E-state index contributed by atoms with van der Waals surface area (Å²) in [6.07, 6.45) is 0. The van der Waals surface area contributed by atoms with Crippen molar-refractivity contribution in [3.63, 3.8) is 0 Å². The molecule has 0 aromatic heterocycles. The quantitative estimate of drug-likeness (QED) is 0.383. The minimum atomic E-state index is -0.416. The number of aliphatic imine (C=N–C) groups is 1. The number of hydrogen-bond donors (Lipinski definition) is 2. The summed E-state index contributed by atoms with van der Waals surface area (Å²) >= 11 is 0. The van der Waals surface area contributed by atoms with Crippen molar-refractivity contribution < 1.29 is 9.13 Å². The summed E-state index contributed by atoms with van der Waals surface area (Å²) < 4.78 is 19.4. The van der Waals surface area contributed by atoms with Gasteiger partial charge in [0.1, 0.15) is 11.6 Å². The second-order valence-electron chi connectivity index (χ2n) is 5.96. The van der Waals surface area contributed by atoms with E-state index in [0.29, 0.717) is 17.1 Å². The number of rotatable bonds is 5. The third-order valence-corrected chi connectivity index (χ3v) is 4.06. The van der Waals surface area contributed by atoms with Crippen molar-refractivity contribution in [1.29, 1.82) is 5.26 Å². The molecule has 0 aliphatic heterocycles. The number of hydrogen-bond acceptors (Lipinski definition) is 3. The number of methoxy groups -OCH3 is 1. The van der Waals surface area contributed by atoms with Gasteiger partial charge >= 0.3 is 0 Å². The Morgan fingerprint density at radius 3 is 2.63 bits per heavy atom. The molecule has 0 aliphatic rings. The predicted molar refractivity (Wildman–Crippen MR) is 116 cm³/mol. The molecule has 1 atom stereocenters. The van der Waals surface area contributed by atoms with Crippen molar-refractivity contribution in [3.8, 4) is 11.8 Å². The lowest BCUT2D eigenvalue weighted by molar-refractivity contribution is 0.405. The molecule has 0 heterocycles. The number of ether oxygens (including phenoxy) is 1. The van der Waals surface area contributed by atoms with Gasteiger partial charge < -0.3 is 15.4 Å². The first kappa shape index (κ1) is 22.7. The normalized spacial score (nSPS) is 11.8. The number of nitrogens with one attached hydrogen (secondary N) is 2. The number of guanidine groups is 1. The van der Waals surface area contributed by atoms with E-state index in [-0.39, 0.29) is 36.6 Å². The minimum Gasteiger partial charge on any atom is -0.496 e. The molecule has 27 heavy (non-hydrogen) atoms. The number of nitriles is 1. The van der Waals surface area contributed by atoms with Gasteiger partial charge in [-0.15, -0.1) is 24.0 Å². The fourth-order valence-electron chi connectivity index (χ4n) is 2.61. The van der Waals surface area contributed by atoms with Crippen LogP contribution in [0.1, 0.15) is 35.2 Å². The molecule has 2 aromatic rings. The first-order valence-corrected chi connectivity index (χ1v) is 8.28. The lowest BCUT2D eigenvalue weighted by atomic mass is 10.0. The van der Waals surface area contributed by atoms with Crippen LogP contribution in [0.3, 0.4) is 0 Å². The maximum absolute atomic E-state index is 14.0. The summed E-state index contributed by atoms with van der Waals surface area (Å²) in [6, 6.07) is 12.3. The van der Waals surface area contributed by atoms with Crippen molar-refractivity contribution in [3.05, 3.63) is 64.5 Å². The van der Waals surface area contributed by atoms with Crippen LogP contribution in [0.25, 0.3) is 0 Å². The topological polar surface area (TPSA) is 69.4 Å². The van der Waals surface area contributed by atoms with Crippen LogP contribution in [0.4, 0.5) is 4.39 Å². The van der Waals surface area contributed by atoms with Gasteiger partial charge in [0.25, 0.3) is 0 Å². The van der Waals surface area contributed by atoms with Crippen LogP contribution in [0.15, 0.2) is 41.4 Å². The van der Waals surface area contributed by atoms with Gasteiger partial charge in [-0.3, -0.25) is 4.99 Å². The summed E-state index contributed by atoms with van der Waals surface area (Å²) in [5.74, 6) is 0.925. The van der Waals surface area contributed by atoms with Crippen molar-refractivity contribution in [2.75, 3.05) is 14.2 Å². The molecule has 0 saturated heterocycles. The van der Waals surface area contributed by atoms with Crippen LogP contribution in [0, 0.1) is 24.1 Å². The monoisotopic (exact) mass is 482 g/mol. The van der Waals surface area contributed by atoms with Gasteiger partial charge in [0.05, 0.1) is 24.8 Å². The molecule has 0 spiro atoms. The fourth-order valence-corrected chi connectivity index (χ4v) is 2.61. The Bertz CT molecular complexity index is 848. The van der Waals surface area contributed by atoms with Crippen molar-refractivity contribution in [2.24, 2.45) is 4.99 Å². The average Bonchev–Trinajstić information content (AvgIpc) is 2.65. The Labute approximate surface area is 176 Å². The van der Waals surface area contributed by atoms with Crippen LogP contribution in [0.5, 0.6) is 5.75 Å². The molecule has 0 radical (unpaired) electrons. The zero-order valence-corrected chi connectivity index (χ0v) is 18.2. The molecular formula is C20H24FIN4O. The third-order valence-electron chi connectivity index (χ3n) is 4.06. The van der Waals surface area contributed by atoms with E-state index < -0.39 is 5.82 Å². The van der Waals surface area contributed by atoms with E-state index in [2.05, 4.69) is 21.7 Å². The molecule has 2 rings (SSSR count). The average molecular weight is 482 g/mol. The first-order chi connectivity index (χ1) is 12.5. The van der Waals surface area contributed by atoms with Gasteiger partial charge in [-0.2, -0.15) is 5.26 Å². The molecule has 2 aromatic carbocycles. The molecule has 1 unspecified atom stereocenters. The van der Waals surface area contributed by atoms with E-state index >= 15 is 0 Å². The Morgan fingerprint density at radius 1 is 1.30 bits per heavy atom. The lowest BCUT2D eigenvalue weighted by Crippen LogP contribution is -2.38. The molecule has 0 bridgehead atoms. The van der Waals surface area contributed by atoms with Crippen LogP contribution in [-0.4, -0.2) is 20.1 Å². The molecule has 0 amide bonds. The van der Waals surface area contributed by atoms with Crippen molar-refractivity contribution in [1.82, 2.24) is 10.6 Å². The minimum absolute atomic E-state index is 0. The molecule has 0 aliphatic carbocycles. The summed E-state index contributed by atoms with van der Waals surface area (Å²) in [5.41, 5.74) is 2.92. The van der Waals surface area contributed by atoms with Crippen LogP contribution in [-0.2, 0) is 6.54 Å². The van der Waals surface area contributed by atoms with Crippen molar-refractivity contribution in [2.45, 2.75) is 26.4 Å². The summed E-state index contributed by atoms with van der Waals surface area (Å²) in [7, 11) is 3.30. The van der Waals surface area contributed by atoms with Gasteiger partial charge in [-0.05, 0) is 32.0 Å². The smallest absolute Gasteiger partial charge is 0.191 e. The van der Waals surface area contributed by atoms with Crippen molar-refractivity contribution >= 4 is 29.9 Å². The summed E-state index contributed by atoms with van der Waals surface area (Å²) in [5, 5.41) is 15.2. The number of benzene rings is 2. The SMILES string of the molecule is CN=C(NCc1ccc(C#N)cc1F)NC(C)c1cc(C)ccc1OC.I. The Morgan fingerprint density at radius 2 is 2.04 bits per heavy atom. The van der Waals surface area contributed by atoms with Crippen LogP contribution < -0.4 is 15.4 Å². The standard InChI is InChI=1S/C20H23FN4O.HI/c1-13-5-8-19(26-4)17(9-13)14(2)25-20(23-3)24-12-16-7-6-15(11-22)10-18(16)21;/h5-10,14H,12H2,1-4H3,(H2,23,24,25);1H. The largest absolute Gasteiger partial charge is 0.496 e. The highest BCUT2D eigenvalue weighted by Gasteiger charge is 2.13. The number of aryl methyl sites for hydroxylation is 1. The maximum atomic E-state index is 14.0. The number of halogens is 2. The van der Waals surface area contributed by atoms with E-state index in [4.69, 9.17) is 10.00 Å². The Hall–Kier alpha value is -2.34. The molecule has 144 valence electrons. The predicted octanol–water partition coefficient (Wildman–Crippen LogP) is 4.06. The van der Waals surface area contributed by atoms with E-state index in [0.717, 1.165) is 16.9 Å². The molecule has 7 heteroatoms. The van der Waals surface area contributed by atoms with E-state index in [9.17, 15) is 4.39 Å². The van der Waals surface area contributed by atoms with Gasteiger partial charge in [-0.25, -0.2) is 4.39 Å². The van der Waals surface area contributed by atoms with Gasteiger partial charge in [0.15, 0.2) is 5.96 Å². The lowest BCUT2D eigenvalue weighted by Gasteiger charge is -2.21. The zero-order chi connectivity index (χ0) is 19.1. The third kappa shape index (κ3) is 6.10. The van der Waals surface area contributed by atoms with E-state index in [1.807, 2.05) is 32.0 Å². The highest BCUT2D eigenvalue weighted by Crippen LogP contribution is 2.26. The van der Waals surface area contributed by atoms with Gasteiger partial charge in [0.2, 0.25) is 0 Å². The van der Waals surface area contributed by atoms with E-state index in [1.165, 1.54) is 6.07 Å². The summed E-state index contributed by atoms with van der Waals surface area (Å²) in [6.45, 7) is 4.29. The van der Waals surface area contributed by atoms with Gasteiger partial charge in [0, 0.05) is 24.7 Å².